The van der Waals surface area contributed by atoms with E-state index in [1.165, 1.54) is 18.3 Å². The van der Waals surface area contributed by atoms with Gasteiger partial charge in [-0.1, -0.05) is 37.3 Å². The summed E-state index contributed by atoms with van der Waals surface area (Å²) < 4.78 is 10.6. The first kappa shape index (κ1) is 16.4. The van der Waals surface area contributed by atoms with Crippen molar-refractivity contribution in [2.75, 3.05) is 0 Å². The maximum Gasteiger partial charge on any atom is 0.406 e. The lowest BCUT2D eigenvalue weighted by Gasteiger charge is -2.16. The normalized spacial score (nSPS) is 11.5. The lowest BCUT2D eigenvalue weighted by molar-refractivity contribution is -0.390. The Morgan fingerprint density at radius 2 is 2.00 bits per heavy atom. The van der Waals surface area contributed by atoms with E-state index in [1.807, 2.05) is 30.3 Å². The van der Waals surface area contributed by atoms with E-state index < -0.39 is 22.8 Å². The highest BCUT2D eigenvalue weighted by Crippen LogP contribution is 2.25. The van der Waals surface area contributed by atoms with Gasteiger partial charge in [0, 0.05) is 0 Å². The van der Waals surface area contributed by atoms with Crippen LogP contribution in [0.25, 0.3) is 0 Å². The minimum Gasteiger partial charge on any atom is -0.470 e. The topological polar surface area (TPSA) is 91.6 Å². The molecule has 1 atom stereocenters. The second kappa shape index (κ2) is 7.88. The third-order valence-corrected chi connectivity index (χ3v) is 3.05. The molecule has 23 heavy (non-hydrogen) atoms. The van der Waals surface area contributed by atoms with Crippen molar-refractivity contribution in [3.8, 4) is 5.75 Å². The largest absolute Gasteiger partial charge is 0.470 e. The van der Waals surface area contributed by atoms with E-state index >= 15 is 0 Å². The smallest absolute Gasteiger partial charge is 0.406 e. The van der Waals surface area contributed by atoms with Gasteiger partial charge in [0.2, 0.25) is 5.75 Å². The Morgan fingerprint density at radius 3 is 2.65 bits per heavy atom. The fourth-order valence-electron chi connectivity index (χ4n) is 1.88. The Hall–Kier alpha value is -2.96. The van der Waals surface area contributed by atoms with Crippen molar-refractivity contribution in [1.29, 1.82) is 0 Å². The second-order valence-electron chi connectivity index (χ2n) is 4.69. The highest BCUT2D eigenvalue weighted by Gasteiger charge is 2.25. The first-order valence-corrected chi connectivity index (χ1v) is 7.08. The van der Waals surface area contributed by atoms with E-state index in [0.29, 0.717) is 6.42 Å². The predicted molar refractivity (Wildman–Crippen MR) is 81.8 cm³/mol. The van der Waals surface area contributed by atoms with Gasteiger partial charge in [0.15, 0.2) is 6.10 Å². The Morgan fingerprint density at radius 1 is 1.26 bits per heavy atom. The van der Waals surface area contributed by atoms with Gasteiger partial charge in [-0.15, -0.1) is 0 Å². The summed E-state index contributed by atoms with van der Waals surface area (Å²) in [7, 11) is 0. The number of hydrogen-bond acceptors (Lipinski definition) is 6. The zero-order chi connectivity index (χ0) is 16.7. The molecule has 0 aliphatic heterocycles. The van der Waals surface area contributed by atoms with Crippen LogP contribution in [0.5, 0.6) is 5.75 Å². The van der Waals surface area contributed by atoms with Crippen LogP contribution in [0.3, 0.4) is 0 Å². The van der Waals surface area contributed by atoms with Crippen LogP contribution in [-0.4, -0.2) is 22.0 Å². The van der Waals surface area contributed by atoms with E-state index in [-0.39, 0.29) is 12.4 Å². The molecule has 1 unspecified atom stereocenters. The SMILES string of the molecule is CCC(Oc1cccnc1[N+](=O)[O-])C(=O)OCc1ccccc1. The van der Waals surface area contributed by atoms with Crippen LogP contribution in [0, 0.1) is 10.1 Å². The summed E-state index contributed by atoms with van der Waals surface area (Å²) in [5.74, 6) is -1.06. The van der Waals surface area contributed by atoms with E-state index in [0.717, 1.165) is 5.56 Å². The van der Waals surface area contributed by atoms with E-state index in [9.17, 15) is 14.9 Å². The van der Waals surface area contributed by atoms with Crippen LogP contribution in [0.1, 0.15) is 18.9 Å². The molecule has 0 amide bonds. The number of nitro groups is 1. The van der Waals surface area contributed by atoms with Crippen LogP contribution in [0.15, 0.2) is 48.7 Å². The van der Waals surface area contributed by atoms with Crippen LogP contribution in [0.2, 0.25) is 0 Å². The van der Waals surface area contributed by atoms with Crippen molar-refractivity contribution in [2.45, 2.75) is 26.1 Å². The van der Waals surface area contributed by atoms with Gasteiger partial charge in [-0.2, -0.15) is 0 Å². The molecule has 120 valence electrons. The number of esters is 1. The van der Waals surface area contributed by atoms with Gasteiger partial charge in [0.1, 0.15) is 12.8 Å². The molecule has 2 rings (SSSR count). The molecule has 2 aromatic rings. The molecule has 0 spiro atoms. The Balaban J connectivity index is 2.02. The number of ether oxygens (including phenoxy) is 2. The molecule has 0 aliphatic rings. The van der Waals surface area contributed by atoms with Crippen molar-refractivity contribution in [1.82, 2.24) is 4.98 Å². The van der Waals surface area contributed by atoms with Crippen molar-refractivity contribution in [2.24, 2.45) is 0 Å². The molecule has 0 saturated heterocycles. The quantitative estimate of drug-likeness (QED) is 0.443. The van der Waals surface area contributed by atoms with Gasteiger partial charge in [0.25, 0.3) is 0 Å². The minimum absolute atomic E-state index is 0.0546. The number of hydrogen-bond donors (Lipinski definition) is 0. The summed E-state index contributed by atoms with van der Waals surface area (Å²) in [6, 6.07) is 12.1. The zero-order valence-corrected chi connectivity index (χ0v) is 12.5. The summed E-state index contributed by atoms with van der Waals surface area (Å²) in [5, 5.41) is 10.9. The summed E-state index contributed by atoms with van der Waals surface area (Å²) in [6.07, 6.45) is 0.681. The molecular formula is C16H16N2O5. The summed E-state index contributed by atoms with van der Waals surface area (Å²) in [4.78, 5) is 26.0. The second-order valence-corrected chi connectivity index (χ2v) is 4.69. The van der Waals surface area contributed by atoms with Crippen molar-refractivity contribution >= 4 is 11.8 Å². The number of rotatable bonds is 7. The van der Waals surface area contributed by atoms with E-state index in [1.54, 1.807) is 6.92 Å². The van der Waals surface area contributed by atoms with E-state index in [4.69, 9.17) is 9.47 Å². The average molecular weight is 316 g/mol. The van der Waals surface area contributed by atoms with Crippen LogP contribution in [0.4, 0.5) is 5.82 Å². The molecule has 1 aromatic heterocycles. The molecule has 0 bridgehead atoms. The molecule has 0 saturated carbocycles. The number of carbonyl (C=O) groups excluding carboxylic acids is 1. The summed E-state index contributed by atoms with van der Waals surface area (Å²) in [6.45, 7) is 1.85. The first-order valence-electron chi connectivity index (χ1n) is 7.08. The van der Waals surface area contributed by atoms with Gasteiger partial charge in [-0.25, -0.2) is 4.79 Å². The molecule has 1 aromatic carbocycles. The number of aromatic nitrogens is 1. The van der Waals surface area contributed by atoms with Gasteiger partial charge in [0.05, 0.1) is 0 Å². The first-order chi connectivity index (χ1) is 11.1. The monoisotopic (exact) mass is 316 g/mol. The van der Waals surface area contributed by atoms with Gasteiger partial charge in [-0.05, 0) is 34.0 Å². The standard InChI is InChI=1S/C16H16N2O5/c1-2-13(16(19)22-11-12-7-4-3-5-8-12)23-14-9-6-10-17-15(14)18(20)21/h3-10,13H,2,11H2,1H3. The van der Waals surface area contributed by atoms with Crippen molar-refractivity contribution < 1.29 is 19.2 Å². The van der Waals surface area contributed by atoms with Crippen LogP contribution < -0.4 is 4.74 Å². The number of carbonyl (C=O) groups is 1. The third-order valence-electron chi connectivity index (χ3n) is 3.05. The molecule has 0 radical (unpaired) electrons. The van der Waals surface area contributed by atoms with Crippen LogP contribution in [-0.2, 0) is 16.1 Å². The Bertz CT molecular complexity index is 675. The molecule has 1 heterocycles. The van der Waals surface area contributed by atoms with Gasteiger partial charge < -0.3 is 19.6 Å². The number of benzene rings is 1. The predicted octanol–water partition coefficient (Wildman–Crippen LogP) is 2.89. The highest BCUT2D eigenvalue weighted by atomic mass is 16.6. The summed E-state index contributed by atoms with van der Waals surface area (Å²) >= 11 is 0. The molecule has 0 aliphatic carbocycles. The Kier molecular flexibility index (Phi) is 5.62. The fraction of sp³-hybridized carbons (Fsp3) is 0.250. The molecule has 0 fully saturated rings. The minimum atomic E-state index is -0.929. The zero-order valence-electron chi connectivity index (χ0n) is 12.5. The molecule has 0 N–H and O–H groups in total. The Labute approximate surface area is 133 Å². The summed E-state index contributed by atoms with van der Waals surface area (Å²) in [5.41, 5.74) is 0.850. The highest BCUT2D eigenvalue weighted by molar-refractivity contribution is 5.75. The molecular weight excluding hydrogens is 300 g/mol. The van der Waals surface area contributed by atoms with Gasteiger partial charge in [-0.3, -0.25) is 0 Å². The maximum atomic E-state index is 12.1. The van der Waals surface area contributed by atoms with E-state index in [2.05, 4.69) is 4.98 Å². The molecule has 7 nitrogen and oxygen atoms in total. The lowest BCUT2D eigenvalue weighted by Crippen LogP contribution is -2.29. The lowest BCUT2D eigenvalue weighted by atomic mass is 10.2. The fourth-order valence-corrected chi connectivity index (χ4v) is 1.88. The van der Waals surface area contributed by atoms with Crippen LogP contribution >= 0.6 is 0 Å². The van der Waals surface area contributed by atoms with Gasteiger partial charge >= 0.3 is 11.8 Å². The third kappa shape index (κ3) is 4.50. The van der Waals surface area contributed by atoms with Crippen molar-refractivity contribution in [3.63, 3.8) is 0 Å². The van der Waals surface area contributed by atoms with Crippen molar-refractivity contribution in [3.05, 3.63) is 64.3 Å². The molecule has 7 heteroatoms. The number of nitrogens with zero attached hydrogens (tertiary/aromatic N) is 2. The number of pyridine rings is 1. The average Bonchev–Trinajstić information content (AvgIpc) is 2.58. The maximum absolute atomic E-state index is 12.1.